The second-order valence-corrected chi connectivity index (χ2v) is 5.15. The van der Waals surface area contributed by atoms with E-state index in [9.17, 15) is 5.11 Å². The molecular weight excluding hydrogens is 302 g/mol. The van der Waals surface area contributed by atoms with Gasteiger partial charge in [0.15, 0.2) is 11.5 Å². The van der Waals surface area contributed by atoms with Gasteiger partial charge in [0.1, 0.15) is 18.1 Å². The summed E-state index contributed by atoms with van der Waals surface area (Å²) >= 11 is 0. The third-order valence-electron chi connectivity index (χ3n) is 3.36. The summed E-state index contributed by atoms with van der Waals surface area (Å²) in [7, 11) is 0. The molecule has 0 aliphatic rings. The zero-order valence-corrected chi connectivity index (χ0v) is 12.8. The number of hydrogen-bond donors (Lipinski definition) is 1. The number of nitriles is 1. The van der Waals surface area contributed by atoms with E-state index in [2.05, 4.69) is 6.07 Å². The van der Waals surface area contributed by atoms with Crippen LogP contribution in [0, 0.1) is 11.3 Å². The molecule has 0 heterocycles. The van der Waals surface area contributed by atoms with E-state index in [0.717, 1.165) is 5.56 Å². The van der Waals surface area contributed by atoms with Crippen LogP contribution in [-0.2, 0) is 6.61 Å². The van der Waals surface area contributed by atoms with Crippen molar-refractivity contribution in [3.8, 4) is 29.1 Å². The largest absolute Gasteiger partial charge is 0.508 e. The molecule has 0 aliphatic carbocycles. The SMILES string of the molecule is N#Cc1ccc(Oc2cccc(O)c2)c(OCc2ccccc2)c1. The van der Waals surface area contributed by atoms with Crippen LogP contribution in [0.4, 0.5) is 0 Å². The summed E-state index contributed by atoms with van der Waals surface area (Å²) in [5.41, 5.74) is 1.50. The van der Waals surface area contributed by atoms with Gasteiger partial charge in [-0.3, -0.25) is 0 Å². The van der Waals surface area contributed by atoms with Crippen LogP contribution in [0.1, 0.15) is 11.1 Å². The van der Waals surface area contributed by atoms with Gasteiger partial charge in [-0.2, -0.15) is 5.26 Å². The van der Waals surface area contributed by atoms with Gasteiger partial charge in [-0.25, -0.2) is 0 Å². The van der Waals surface area contributed by atoms with Crippen molar-refractivity contribution in [2.45, 2.75) is 6.61 Å². The Morgan fingerprint density at radius 1 is 0.875 bits per heavy atom. The van der Waals surface area contributed by atoms with Crippen LogP contribution in [-0.4, -0.2) is 5.11 Å². The first-order valence-corrected chi connectivity index (χ1v) is 7.42. The molecule has 0 saturated carbocycles. The predicted molar refractivity (Wildman–Crippen MR) is 90.1 cm³/mol. The number of nitrogens with zero attached hydrogens (tertiary/aromatic N) is 1. The smallest absolute Gasteiger partial charge is 0.169 e. The average molecular weight is 317 g/mol. The van der Waals surface area contributed by atoms with Gasteiger partial charge in [-0.15, -0.1) is 0 Å². The van der Waals surface area contributed by atoms with E-state index in [1.807, 2.05) is 30.3 Å². The number of benzene rings is 3. The fourth-order valence-electron chi connectivity index (χ4n) is 2.18. The number of rotatable bonds is 5. The molecule has 4 heteroatoms. The van der Waals surface area contributed by atoms with Crippen LogP contribution >= 0.6 is 0 Å². The second-order valence-electron chi connectivity index (χ2n) is 5.15. The number of ether oxygens (including phenoxy) is 2. The molecule has 0 amide bonds. The van der Waals surface area contributed by atoms with Crippen molar-refractivity contribution in [2.24, 2.45) is 0 Å². The molecule has 0 unspecified atom stereocenters. The van der Waals surface area contributed by atoms with Crippen molar-refractivity contribution >= 4 is 0 Å². The van der Waals surface area contributed by atoms with Gasteiger partial charge in [0.05, 0.1) is 11.6 Å². The summed E-state index contributed by atoms with van der Waals surface area (Å²) in [4.78, 5) is 0. The van der Waals surface area contributed by atoms with Crippen molar-refractivity contribution in [1.82, 2.24) is 0 Å². The van der Waals surface area contributed by atoms with Gasteiger partial charge < -0.3 is 14.6 Å². The topological polar surface area (TPSA) is 62.5 Å². The zero-order valence-electron chi connectivity index (χ0n) is 12.8. The highest BCUT2D eigenvalue weighted by atomic mass is 16.5. The van der Waals surface area contributed by atoms with Gasteiger partial charge in [-0.05, 0) is 29.8 Å². The fraction of sp³-hybridized carbons (Fsp3) is 0.0500. The Morgan fingerprint density at radius 2 is 1.71 bits per heavy atom. The standard InChI is InChI=1S/C20H15NO3/c21-13-16-9-10-19(24-18-8-4-7-17(22)12-18)20(11-16)23-14-15-5-2-1-3-6-15/h1-12,22H,14H2. The van der Waals surface area contributed by atoms with Crippen molar-refractivity contribution in [2.75, 3.05) is 0 Å². The summed E-state index contributed by atoms with van der Waals surface area (Å²) in [6.07, 6.45) is 0. The lowest BCUT2D eigenvalue weighted by Crippen LogP contribution is -1.98. The normalized spacial score (nSPS) is 9.96. The summed E-state index contributed by atoms with van der Waals surface area (Å²) in [5, 5.41) is 18.6. The highest BCUT2D eigenvalue weighted by molar-refractivity contribution is 5.49. The number of aromatic hydroxyl groups is 1. The monoisotopic (exact) mass is 317 g/mol. The molecule has 0 aromatic heterocycles. The maximum atomic E-state index is 9.54. The molecule has 0 atom stereocenters. The molecule has 4 nitrogen and oxygen atoms in total. The molecule has 3 rings (SSSR count). The van der Waals surface area contributed by atoms with Crippen molar-refractivity contribution in [3.63, 3.8) is 0 Å². The Bertz CT molecular complexity index is 870. The number of phenolic OH excluding ortho intramolecular Hbond substituents is 1. The van der Waals surface area contributed by atoms with Crippen LogP contribution in [0.2, 0.25) is 0 Å². The highest BCUT2D eigenvalue weighted by Crippen LogP contribution is 2.34. The summed E-state index contributed by atoms with van der Waals surface area (Å²) in [6, 6.07) is 23.3. The molecule has 3 aromatic carbocycles. The van der Waals surface area contributed by atoms with E-state index in [1.54, 1.807) is 36.4 Å². The molecule has 3 aromatic rings. The molecule has 118 valence electrons. The minimum Gasteiger partial charge on any atom is -0.508 e. The molecule has 1 N–H and O–H groups in total. The van der Waals surface area contributed by atoms with Crippen LogP contribution in [0.3, 0.4) is 0 Å². The Morgan fingerprint density at radius 3 is 2.46 bits per heavy atom. The maximum Gasteiger partial charge on any atom is 0.169 e. The molecule has 24 heavy (non-hydrogen) atoms. The quantitative estimate of drug-likeness (QED) is 0.745. The zero-order chi connectivity index (χ0) is 16.8. The lowest BCUT2D eigenvalue weighted by molar-refractivity contribution is 0.291. The van der Waals surface area contributed by atoms with Crippen LogP contribution in [0.25, 0.3) is 0 Å². The number of hydrogen-bond acceptors (Lipinski definition) is 4. The molecule has 0 fully saturated rings. The summed E-state index contributed by atoms with van der Waals surface area (Å²) in [6.45, 7) is 0.367. The Balaban J connectivity index is 1.84. The Labute approximate surface area is 140 Å². The molecular formula is C20H15NO3. The molecule has 0 aliphatic heterocycles. The number of phenols is 1. The van der Waals surface area contributed by atoms with Crippen molar-refractivity contribution < 1.29 is 14.6 Å². The Kier molecular flexibility index (Phi) is 4.64. The van der Waals surface area contributed by atoms with Crippen LogP contribution < -0.4 is 9.47 Å². The van der Waals surface area contributed by atoms with Crippen LogP contribution in [0.5, 0.6) is 23.0 Å². The van der Waals surface area contributed by atoms with Crippen molar-refractivity contribution in [1.29, 1.82) is 5.26 Å². The molecule has 0 radical (unpaired) electrons. The van der Waals surface area contributed by atoms with E-state index in [-0.39, 0.29) is 5.75 Å². The molecule has 0 spiro atoms. The third-order valence-corrected chi connectivity index (χ3v) is 3.36. The predicted octanol–water partition coefficient (Wildman–Crippen LogP) is 4.64. The first-order valence-electron chi connectivity index (χ1n) is 7.42. The fourth-order valence-corrected chi connectivity index (χ4v) is 2.18. The van der Waals surface area contributed by atoms with Gasteiger partial charge in [0.2, 0.25) is 0 Å². The van der Waals surface area contributed by atoms with Gasteiger partial charge in [0.25, 0.3) is 0 Å². The average Bonchev–Trinajstić information content (AvgIpc) is 2.62. The minimum absolute atomic E-state index is 0.118. The first kappa shape index (κ1) is 15.4. The van der Waals surface area contributed by atoms with E-state index in [0.29, 0.717) is 29.4 Å². The van der Waals surface area contributed by atoms with E-state index in [4.69, 9.17) is 14.7 Å². The van der Waals surface area contributed by atoms with Crippen LogP contribution in [0.15, 0.2) is 72.8 Å². The summed E-state index contributed by atoms with van der Waals surface area (Å²) < 4.78 is 11.6. The molecule has 0 saturated heterocycles. The maximum absolute atomic E-state index is 9.54. The Hall–Kier alpha value is -3.45. The minimum atomic E-state index is 0.118. The van der Waals surface area contributed by atoms with E-state index < -0.39 is 0 Å². The first-order chi connectivity index (χ1) is 11.7. The third kappa shape index (κ3) is 3.84. The van der Waals surface area contributed by atoms with Gasteiger partial charge in [-0.1, -0.05) is 36.4 Å². The second kappa shape index (κ2) is 7.21. The molecule has 0 bridgehead atoms. The van der Waals surface area contributed by atoms with Crippen molar-refractivity contribution in [3.05, 3.63) is 83.9 Å². The highest BCUT2D eigenvalue weighted by Gasteiger charge is 2.09. The summed E-state index contributed by atoms with van der Waals surface area (Å²) in [5.74, 6) is 1.56. The van der Waals surface area contributed by atoms with E-state index >= 15 is 0 Å². The lowest BCUT2D eigenvalue weighted by Gasteiger charge is -2.13. The lowest BCUT2D eigenvalue weighted by atomic mass is 10.2. The van der Waals surface area contributed by atoms with Gasteiger partial charge >= 0.3 is 0 Å². The van der Waals surface area contributed by atoms with E-state index in [1.165, 1.54) is 6.07 Å². The van der Waals surface area contributed by atoms with Gasteiger partial charge in [0, 0.05) is 12.1 Å².